The molecule has 1 aromatic carbocycles. The molecule has 5 heteroatoms. The molecule has 0 bridgehead atoms. The predicted molar refractivity (Wildman–Crippen MR) is 79.4 cm³/mol. The van der Waals surface area contributed by atoms with Crippen LogP contribution in [0, 0.1) is 0 Å². The van der Waals surface area contributed by atoms with Crippen molar-refractivity contribution in [3.05, 3.63) is 47.7 Å². The van der Waals surface area contributed by atoms with Gasteiger partial charge in [-0.25, -0.2) is 0 Å². The number of carbonyl (C=O) groups excluding carboxylic acids is 1. The minimum atomic E-state index is -0.586. The van der Waals surface area contributed by atoms with E-state index < -0.39 is 6.04 Å². The maximum Gasteiger partial charge on any atom is 0.242 e. The van der Waals surface area contributed by atoms with Gasteiger partial charge in [0, 0.05) is 11.8 Å². The third kappa shape index (κ3) is 3.68. The minimum Gasteiger partial charge on any atom is -0.320 e. The number of aromatic nitrogens is 2. The quantitative estimate of drug-likeness (QED) is 0.778. The fourth-order valence-electron chi connectivity index (χ4n) is 1.88. The number of carbonyl (C=O) groups is 1. The lowest BCUT2D eigenvalue weighted by Gasteiger charge is -2.10. The number of H-pyrrole nitrogens is 1. The predicted octanol–water partition coefficient (Wildman–Crippen LogP) is 2.04. The van der Waals surface area contributed by atoms with Gasteiger partial charge < -0.3 is 11.1 Å². The maximum absolute atomic E-state index is 12.0. The lowest BCUT2D eigenvalue weighted by Crippen LogP contribution is -2.37. The SMILES string of the molecule is CC(C)c1cc(NC(=O)[C@H](N)Cc2ccccc2)n[nH]1. The zero-order valence-electron chi connectivity index (χ0n) is 11.8. The number of nitrogens with two attached hydrogens (primary N) is 1. The summed E-state index contributed by atoms with van der Waals surface area (Å²) in [4.78, 5) is 12.0. The molecule has 0 saturated carbocycles. The van der Waals surface area contributed by atoms with Crippen molar-refractivity contribution in [2.45, 2.75) is 32.2 Å². The van der Waals surface area contributed by atoms with Gasteiger partial charge in [-0.15, -0.1) is 0 Å². The van der Waals surface area contributed by atoms with E-state index in [4.69, 9.17) is 5.73 Å². The van der Waals surface area contributed by atoms with Crippen LogP contribution in [0.4, 0.5) is 5.82 Å². The largest absolute Gasteiger partial charge is 0.320 e. The van der Waals surface area contributed by atoms with Crippen LogP contribution < -0.4 is 11.1 Å². The molecule has 0 fully saturated rings. The zero-order valence-corrected chi connectivity index (χ0v) is 11.8. The van der Waals surface area contributed by atoms with Crippen molar-refractivity contribution in [1.29, 1.82) is 0 Å². The van der Waals surface area contributed by atoms with Crippen LogP contribution in [0.5, 0.6) is 0 Å². The number of hydrogen-bond acceptors (Lipinski definition) is 3. The van der Waals surface area contributed by atoms with E-state index in [9.17, 15) is 4.79 Å². The molecule has 20 heavy (non-hydrogen) atoms. The summed E-state index contributed by atoms with van der Waals surface area (Å²) in [6, 6.07) is 11.0. The Hall–Kier alpha value is -2.14. The molecule has 1 atom stereocenters. The zero-order chi connectivity index (χ0) is 14.5. The monoisotopic (exact) mass is 272 g/mol. The highest BCUT2D eigenvalue weighted by Gasteiger charge is 2.15. The number of nitrogens with zero attached hydrogens (tertiary/aromatic N) is 1. The Bertz CT molecular complexity index is 562. The van der Waals surface area contributed by atoms with Crippen molar-refractivity contribution in [1.82, 2.24) is 10.2 Å². The number of rotatable bonds is 5. The van der Waals surface area contributed by atoms with Crippen LogP contribution in [-0.4, -0.2) is 22.1 Å². The van der Waals surface area contributed by atoms with E-state index in [1.54, 1.807) is 0 Å². The average Bonchev–Trinajstić information content (AvgIpc) is 2.88. The van der Waals surface area contributed by atoms with Crippen molar-refractivity contribution >= 4 is 11.7 Å². The summed E-state index contributed by atoms with van der Waals surface area (Å²) in [5.74, 6) is 0.629. The summed E-state index contributed by atoms with van der Waals surface area (Å²) in [7, 11) is 0. The molecule has 5 nitrogen and oxygen atoms in total. The second kappa shape index (κ2) is 6.34. The number of aromatic amines is 1. The Balaban J connectivity index is 1.93. The summed E-state index contributed by atoms with van der Waals surface area (Å²) in [6.07, 6.45) is 0.508. The molecule has 1 heterocycles. The first-order chi connectivity index (χ1) is 9.56. The summed E-state index contributed by atoms with van der Waals surface area (Å²) < 4.78 is 0. The lowest BCUT2D eigenvalue weighted by molar-refractivity contribution is -0.117. The Morgan fingerprint density at radius 2 is 2.05 bits per heavy atom. The van der Waals surface area contributed by atoms with Crippen LogP contribution in [0.1, 0.15) is 31.0 Å². The van der Waals surface area contributed by atoms with Crippen molar-refractivity contribution in [3.8, 4) is 0 Å². The first-order valence-electron chi connectivity index (χ1n) is 6.72. The fourth-order valence-corrected chi connectivity index (χ4v) is 1.88. The molecule has 0 saturated heterocycles. The van der Waals surface area contributed by atoms with Crippen LogP contribution in [0.25, 0.3) is 0 Å². The van der Waals surface area contributed by atoms with Gasteiger partial charge in [-0.3, -0.25) is 9.89 Å². The molecule has 0 spiro atoms. The van der Waals surface area contributed by atoms with Gasteiger partial charge in [-0.1, -0.05) is 44.2 Å². The molecular formula is C15H20N4O. The molecule has 106 valence electrons. The van der Waals surface area contributed by atoms with Crippen LogP contribution in [-0.2, 0) is 11.2 Å². The highest BCUT2D eigenvalue weighted by molar-refractivity contribution is 5.94. The summed E-state index contributed by atoms with van der Waals surface area (Å²) >= 11 is 0. The standard InChI is InChI=1S/C15H20N4O/c1-10(2)13-9-14(19-18-13)17-15(20)12(16)8-11-6-4-3-5-7-11/h3-7,9-10,12H,8,16H2,1-2H3,(H2,17,18,19,20)/t12-/m1/s1. The van der Waals surface area contributed by atoms with E-state index in [-0.39, 0.29) is 5.91 Å². The summed E-state index contributed by atoms with van der Waals surface area (Å²) in [5.41, 5.74) is 7.94. The number of nitrogens with one attached hydrogen (secondary N) is 2. The highest BCUT2D eigenvalue weighted by Crippen LogP contribution is 2.15. The summed E-state index contributed by atoms with van der Waals surface area (Å²) in [5, 5.41) is 9.68. The minimum absolute atomic E-state index is 0.226. The van der Waals surface area contributed by atoms with Gasteiger partial charge in [0.1, 0.15) is 0 Å². The molecule has 0 aliphatic rings. The third-order valence-electron chi connectivity index (χ3n) is 3.11. The fraction of sp³-hybridized carbons (Fsp3) is 0.333. The van der Waals surface area contributed by atoms with Crippen molar-refractivity contribution in [2.75, 3.05) is 5.32 Å². The molecule has 1 amide bonds. The van der Waals surface area contributed by atoms with Crippen LogP contribution >= 0.6 is 0 Å². The topological polar surface area (TPSA) is 83.8 Å². The molecule has 2 rings (SSSR count). The van der Waals surface area contributed by atoms with Gasteiger partial charge in [-0.05, 0) is 17.9 Å². The van der Waals surface area contributed by atoms with E-state index in [2.05, 4.69) is 29.4 Å². The van der Waals surface area contributed by atoms with E-state index in [0.29, 0.717) is 18.2 Å². The Kier molecular flexibility index (Phi) is 4.53. The van der Waals surface area contributed by atoms with Crippen molar-refractivity contribution < 1.29 is 4.79 Å². The van der Waals surface area contributed by atoms with Gasteiger partial charge in [0.25, 0.3) is 0 Å². The Morgan fingerprint density at radius 3 is 2.65 bits per heavy atom. The molecule has 0 aliphatic heterocycles. The third-order valence-corrected chi connectivity index (χ3v) is 3.11. The van der Waals surface area contributed by atoms with Gasteiger partial charge in [0.15, 0.2) is 5.82 Å². The van der Waals surface area contributed by atoms with Gasteiger partial charge in [0.05, 0.1) is 6.04 Å². The smallest absolute Gasteiger partial charge is 0.242 e. The molecule has 0 unspecified atom stereocenters. The number of hydrogen-bond donors (Lipinski definition) is 3. The highest BCUT2D eigenvalue weighted by atomic mass is 16.2. The van der Waals surface area contributed by atoms with E-state index in [0.717, 1.165) is 11.3 Å². The normalized spacial score (nSPS) is 12.4. The molecule has 2 aromatic rings. The van der Waals surface area contributed by atoms with Crippen LogP contribution in [0.3, 0.4) is 0 Å². The average molecular weight is 272 g/mol. The summed E-state index contributed by atoms with van der Waals surface area (Å²) in [6.45, 7) is 4.11. The van der Waals surface area contributed by atoms with Gasteiger partial charge >= 0.3 is 0 Å². The van der Waals surface area contributed by atoms with Gasteiger partial charge in [-0.2, -0.15) is 5.10 Å². The van der Waals surface area contributed by atoms with Crippen molar-refractivity contribution in [2.24, 2.45) is 5.73 Å². The maximum atomic E-state index is 12.0. The Labute approximate surface area is 118 Å². The molecule has 0 radical (unpaired) electrons. The number of benzene rings is 1. The number of amides is 1. The second-order valence-electron chi connectivity index (χ2n) is 5.15. The van der Waals surface area contributed by atoms with Crippen molar-refractivity contribution in [3.63, 3.8) is 0 Å². The molecule has 0 aliphatic carbocycles. The molecular weight excluding hydrogens is 252 g/mol. The first kappa shape index (κ1) is 14.3. The lowest BCUT2D eigenvalue weighted by atomic mass is 10.1. The van der Waals surface area contributed by atoms with E-state index in [1.807, 2.05) is 36.4 Å². The number of anilines is 1. The Morgan fingerprint density at radius 1 is 1.35 bits per heavy atom. The van der Waals surface area contributed by atoms with Crippen LogP contribution in [0.2, 0.25) is 0 Å². The first-order valence-corrected chi connectivity index (χ1v) is 6.72. The van der Waals surface area contributed by atoms with Gasteiger partial charge in [0.2, 0.25) is 5.91 Å². The second-order valence-corrected chi connectivity index (χ2v) is 5.15. The van der Waals surface area contributed by atoms with E-state index in [1.165, 1.54) is 0 Å². The molecule has 1 aromatic heterocycles. The molecule has 4 N–H and O–H groups in total. The van der Waals surface area contributed by atoms with E-state index >= 15 is 0 Å². The van der Waals surface area contributed by atoms with Crippen LogP contribution in [0.15, 0.2) is 36.4 Å².